The Morgan fingerprint density at radius 3 is 1.46 bits per heavy atom. The standard InChI is InChI=1S/C41H77O8P/c1-4-7-9-11-13-15-17-18-19-20-21-22-23-24-26-28-30-32-34-36-41(43)49-39(38-48-50(44,45)47-6-3)37-46-40(42)35-33-31-29-27-25-16-14-12-10-8-5-2/h13,15,18-19,39H,4-12,14,16-17,20-38H2,1-3H3,(H,44,45)/b15-13-,19-18-. The van der Waals surface area contributed by atoms with Crippen LogP contribution in [0.15, 0.2) is 24.3 Å². The van der Waals surface area contributed by atoms with E-state index in [0.717, 1.165) is 44.9 Å². The van der Waals surface area contributed by atoms with E-state index in [1.807, 2.05) is 0 Å². The van der Waals surface area contributed by atoms with E-state index in [-0.39, 0.29) is 25.6 Å². The number of carbonyl (C=O) groups is 2. The molecule has 0 saturated heterocycles. The third-order valence-electron chi connectivity index (χ3n) is 8.76. The summed E-state index contributed by atoms with van der Waals surface area (Å²) >= 11 is 0. The zero-order chi connectivity index (χ0) is 36.8. The first kappa shape index (κ1) is 48.5. The van der Waals surface area contributed by atoms with E-state index in [1.54, 1.807) is 6.92 Å². The van der Waals surface area contributed by atoms with Crippen LogP contribution in [0, 0.1) is 0 Å². The lowest BCUT2D eigenvalue weighted by Crippen LogP contribution is -2.29. The second-order valence-electron chi connectivity index (χ2n) is 13.7. The summed E-state index contributed by atoms with van der Waals surface area (Å²) in [5.41, 5.74) is 0. The SMILES string of the molecule is CCCCC/C=C\C/C=C\CCCCCCCCCCCC(=O)OC(COC(=O)CCCCCCCCCCCCC)COP(=O)(O)OCC. The monoisotopic (exact) mass is 729 g/mol. The molecule has 9 heteroatoms. The summed E-state index contributed by atoms with van der Waals surface area (Å²) in [6.45, 7) is 5.44. The molecule has 0 aromatic carbocycles. The van der Waals surface area contributed by atoms with Gasteiger partial charge in [-0.1, -0.05) is 160 Å². The third-order valence-corrected chi connectivity index (χ3v) is 9.82. The van der Waals surface area contributed by atoms with Gasteiger partial charge in [0, 0.05) is 12.8 Å². The number of hydrogen-bond acceptors (Lipinski definition) is 7. The van der Waals surface area contributed by atoms with Crippen LogP contribution in [0.1, 0.15) is 201 Å². The fraction of sp³-hybridized carbons (Fsp3) is 0.854. The predicted molar refractivity (Wildman–Crippen MR) is 207 cm³/mol. The largest absolute Gasteiger partial charge is 0.472 e. The van der Waals surface area contributed by atoms with Crippen molar-refractivity contribution < 1.29 is 37.6 Å². The van der Waals surface area contributed by atoms with Gasteiger partial charge in [0.15, 0.2) is 6.10 Å². The van der Waals surface area contributed by atoms with Crippen LogP contribution in [-0.4, -0.2) is 42.8 Å². The smallest absolute Gasteiger partial charge is 0.462 e. The Bertz CT molecular complexity index is 875. The molecule has 0 bridgehead atoms. The molecule has 0 saturated carbocycles. The highest BCUT2D eigenvalue weighted by molar-refractivity contribution is 7.47. The van der Waals surface area contributed by atoms with E-state index < -0.39 is 26.5 Å². The van der Waals surface area contributed by atoms with Crippen molar-refractivity contribution in [3.63, 3.8) is 0 Å². The maximum absolute atomic E-state index is 12.5. The molecule has 1 N–H and O–H groups in total. The van der Waals surface area contributed by atoms with Gasteiger partial charge in [-0.3, -0.25) is 18.6 Å². The van der Waals surface area contributed by atoms with Crippen LogP contribution in [0.4, 0.5) is 0 Å². The predicted octanol–water partition coefficient (Wildman–Crippen LogP) is 12.7. The summed E-state index contributed by atoms with van der Waals surface area (Å²) in [5.74, 6) is -0.798. The van der Waals surface area contributed by atoms with Crippen LogP contribution in [-0.2, 0) is 32.7 Å². The Morgan fingerprint density at radius 2 is 0.960 bits per heavy atom. The number of phosphoric acid groups is 1. The van der Waals surface area contributed by atoms with Crippen molar-refractivity contribution in [2.45, 2.75) is 207 Å². The van der Waals surface area contributed by atoms with Crippen molar-refractivity contribution >= 4 is 19.8 Å². The van der Waals surface area contributed by atoms with Crippen molar-refractivity contribution in [1.29, 1.82) is 0 Å². The van der Waals surface area contributed by atoms with Crippen LogP contribution < -0.4 is 0 Å². The maximum atomic E-state index is 12.5. The van der Waals surface area contributed by atoms with Gasteiger partial charge in [0.1, 0.15) is 6.61 Å². The van der Waals surface area contributed by atoms with E-state index >= 15 is 0 Å². The zero-order valence-electron chi connectivity index (χ0n) is 32.6. The van der Waals surface area contributed by atoms with E-state index in [1.165, 1.54) is 116 Å². The lowest BCUT2D eigenvalue weighted by molar-refractivity contribution is -0.161. The number of carbonyl (C=O) groups excluding carboxylic acids is 2. The minimum absolute atomic E-state index is 0.00134. The quantitative estimate of drug-likeness (QED) is 0.0290. The number of hydrogen-bond donors (Lipinski definition) is 1. The number of esters is 2. The molecule has 0 aliphatic carbocycles. The van der Waals surface area contributed by atoms with Crippen LogP contribution in [0.25, 0.3) is 0 Å². The number of unbranched alkanes of at least 4 members (excludes halogenated alkanes) is 22. The van der Waals surface area contributed by atoms with Gasteiger partial charge in [-0.2, -0.15) is 0 Å². The molecule has 2 unspecified atom stereocenters. The highest BCUT2D eigenvalue weighted by atomic mass is 31.2. The molecule has 0 spiro atoms. The maximum Gasteiger partial charge on any atom is 0.472 e. The van der Waals surface area contributed by atoms with Crippen LogP contribution in [0.2, 0.25) is 0 Å². The molecule has 0 aliphatic rings. The normalized spacial score (nSPS) is 13.6. The van der Waals surface area contributed by atoms with Gasteiger partial charge in [0.2, 0.25) is 0 Å². The second kappa shape index (κ2) is 37.3. The fourth-order valence-electron chi connectivity index (χ4n) is 5.72. The second-order valence-corrected chi connectivity index (χ2v) is 15.1. The molecule has 0 aromatic rings. The highest BCUT2D eigenvalue weighted by Gasteiger charge is 2.25. The summed E-state index contributed by atoms with van der Waals surface area (Å²) < 4.78 is 32.6. The summed E-state index contributed by atoms with van der Waals surface area (Å²) in [4.78, 5) is 34.6. The van der Waals surface area contributed by atoms with E-state index in [9.17, 15) is 19.0 Å². The Balaban J connectivity index is 4.07. The fourth-order valence-corrected chi connectivity index (χ4v) is 6.47. The molecule has 0 amide bonds. The van der Waals surface area contributed by atoms with Gasteiger partial charge < -0.3 is 14.4 Å². The molecule has 8 nitrogen and oxygen atoms in total. The summed E-state index contributed by atoms with van der Waals surface area (Å²) in [6.07, 6.45) is 39.4. The van der Waals surface area contributed by atoms with Gasteiger partial charge in [0.05, 0.1) is 13.2 Å². The first-order chi connectivity index (χ1) is 24.3. The van der Waals surface area contributed by atoms with Crippen molar-refractivity contribution in [3.05, 3.63) is 24.3 Å². The first-order valence-electron chi connectivity index (χ1n) is 20.6. The van der Waals surface area contributed by atoms with Gasteiger partial charge >= 0.3 is 19.8 Å². The van der Waals surface area contributed by atoms with E-state index in [0.29, 0.717) is 12.8 Å². The molecule has 0 fully saturated rings. The van der Waals surface area contributed by atoms with Crippen molar-refractivity contribution in [2.24, 2.45) is 0 Å². The Kier molecular flexibility index (Phi) is 36.2. The van der Waals surface area contributed by atoms with Crippen LogP contribution in [0.5, 0.6) is 0 Å². The number of rotatable bonds is 38. The molecule has 0 radical (unpaired) electrons. The molecule has 0 rings (SSSR count). The van der Waals surface area contributed by atoms with Crippen molar-refractivity contribution in [2.75, 3.05) is 19.8 Å². The molecular weight excluding hydrogens is 651 g/mol. The molecule has 0 aliphatic heterocycles. The van der Waals surface area contributed by atoms with Gasteiger partial charge in [0.25, 0.3) is 0 Å². The van der Waals surface area contributed by atoms with Crippen LogP contribution >= 0.6 is 7.82 Å². The van der Waals surface area contributed by atoms with E-state index in [4.69, 9.17) is 18.5 Å². The molecule has 2 atom stereocenters. The lowest BCUT2D eigenvalue weighted by Gasteiger charge is -2.19. The number of allylic oxidation sites excluding steroid dienone is 4. The summed E-state index contributed by atoms with van der Waals surface area (Å²) in [6, 6.07) is 0. The average Bonchev–Trinajstić information content (AvgIpc) is 3.09. The Labute approximate surface area is 307 Å². The summed E-state index contributed by atoms with van der Waals surface area (Å²) in [7, 11) is -4.27. The van der Waals surface area contributed by atoms with E-state index in [2.05, 4.69) is 38.2 Å². The summed E-state index contributed by atoms with van der Waals surface area (Å²) in [5, 5.41) is 0. The highest BCUT2D eigenvalue weighted by Crippen LogP contribution is 2.43. The molecule has 50 heavy (non-hydrogen) atoms. The number of phosphoric ester groups is 1. The number of ether oxygens (including phenoxy) is 2. The molecule has 0 aromatic heterocycles. The minimum atomic E-state index is -4.27. The minimum Gasteiger partial charge on any atom is -0.462 e. The lowest BCUT2D eigenvalue weighted by atomic mass is 10.1. The Morgan fingerprint density at radius 1 is 0.540 bits per heavy atom. The molecular formula is C41H77O8P. The third kappa shape index (κ3) is 36.3. The first-order valence-corrected chi connectivity index (χ1v) is 22.1. The Hall–Kier alpha value is -1.47. The van der Waals surface area contributed by atoms with Gasteiger partial charge in [-0.15, -0.1) is 0 Å². The average molecular weight is 729 g/mol. The zero-order valence-corrected chi connectivity index (χ0v) is 33.5. The molecule has 0 heterocycles. The van der Waals surface area contributed by atoms with Gasteiger partial charge in [-0.25, -0.2) is 4.57 Å². The van der Waals surface area contributed by atoms with Gasteiger partial charge in [-0.05, 0) is 51.9 Å². The van der Waals surface area contributed by atoms with Crippen LogP contribution in [0.3, 0.4) is 0 Å². The van der Waals surface area contributed by atoms with Crippen molar-refractivity contribution in [1.82, 2.24) is 0 Å². The topological polar surface area (TPSA) is 108 Å². The van der Waals surface area contributed by atoms with Crippen molar-refractivity contribution in [3.8, 4) is 0 Å². The molecule has 294 valence electrons.